The van der Waals surface area contributed by atoms with Gasteiger partial charge < -0.3 is 25.0 Å². The van der Waals surface area contributed by atoms with Crippen LogP contribution in [0, 0.1) is 0 Å². The van der Waals surface area contributed by atoms with Gasteiger partial charge in [-0.05, 0) is 39.4 Å². The van der Waals surface area contributed by atoms with Gasteiger partial charge in [-0.15, -0.1) is 0 Å². The van der Waals surface area contributed by atoms with Crippen molar-refractivity contribution in [2.75, 3.05) is 32.7 Å². The second-order valence-corrected chi connectivity index (χ2v) is 12.9. The van der Waals surface area contributed by atoms with Crippen molar-refractivity contribution in [3.8, 4) is 11.1 Å². The number of aliphatic hydroxyl groups excluding tert-OH is 1. The quantitative estimate of drug-likeness (QED) is 0.167. The number of carbonyl (C=O) groups excluding carboxylic acids is 1. The van der Waals surface area contributed by atoms with Gasteiger partial charge >= 0.3 is 5.97 Å². The third-order valence-corrected chi connectivity index (χ3v) is 9.29. The van der Waals surface area contributed by atoms with Crippen LogP contribution in [0.5, 0.6) is 0 Å². The van der Waals surface area contributed by atoms with Crippen molar-refractivity contribution in [3.63, 3.8) is 0 Å². The number of aliphatic hydroxyl groups is 1. The maximum atomic E-state index is 12.0. The van der Waals surface area contributed by atoms with Crippen molar-refractivity contribution in [2.24, 2.45) is 0 Å². The van der Waals surface area contributed by atoms with Gasteiger partial charge in [-0.1, -0.05) is 97.1 Å². The molecule has 4 aromatic carbocycles. The number of hydrogen-bond donors (Lipinski definition) is 3. The summed E-state index contributed by atoms with van der Waals surface area (Å²) in [7, 11) is 0. The Morgan fingerprint density at radius 2 is 1.41 bits per heavy atom. The zero-order chi connectivity index (χ0) is 34.0. The lowest BCUT2D eigenvalue weighted by Gasteiger charge is -2.40. The molecule has 3 N–H and O–H groups in total. The molecule has 1 amide bonds. The number of nitrogens with zero attached hydrogens (tertiary/aromatic N) is 2. The van der Waals surface area contributed by atoms with Crippen molar-refractivity contribution in [2.45, 2.75) is 57.5 Å². The minimum atomic E-state index is -0.986. The number of hydrogen-bond acceptors (Lipinski definition) is 7. The molecule has 2 fully saturated rings. The topological polar surface area (TPSA) is 112 Å². The first kappa shape index (κ1) is 34.5. The summed E-state index contributed by atoms with van der Waals surface area (Å²) < 4.78 is 13.3. The van der Waals surface area contributed by atoms with Crippen LogP contribution in [-0.2, 0) is 38.8 Å². The maximum Gasteiger partial charge on any atom is 0.303 e. The van der Waals surface area contributed by atoms with E-state index >= 15 is 0 Å². The van der Waals surface area contributed by atoms with Crippen LogP contribution >= 0.6 is 0 Å². The van der Waals surface area contributed by atoms with Crippen molar-refractivity contribution < 1.29 is 29.3 Å². The fourth-order valence-electron chi connectivity index (χ4n) is 6.50. The molecule has 0 bridgehead atoms. The number of carbonyl (C=O) groups is 2. The summed E-state index contributed by atoms with van der Waals surface area (Å²) in [4.78, 5) is 27.8. The number of benzene rings is 4. The average Bonchev–Trinajstić information content (AvgIpc) is 3.14. The van der Waals surface area contributed by atoms with E-state index < -0.39 is 12.3 Å². The van der Waals surface area contributed by atoms with Gasteiger partial charge in [0.2, 0.25) is 5.91 Å². The summed E-state index contributed by atoms with van der Waals surface area (Å²) >= 11 is 0. The number of carboxylic acid groups (broad SMARTS) is 1. The zero-order valence-electron chi connectivity index (χ0n) is 27.7. The third-order valence-electron chi connectivity index (χ3n) is 9.29. The first-order chi connectivity index (χ1) is 23.9. The van der Waals surface area contributed by atoms with E-state index in [0.29, 0.717) is 6.54 Å². The number of ether oxygens (including phenoxy) is 2. The second-order valence-electron chi connectivity index (χ2n) is 12.9. The van der Waals surface area contributed by atoms with Crippen molar-refractivity contribution >= 4 is 11.9 Å². The first-order valence-corrected chi connectivity index (χ1v) is 17.1. The summed E-state index contributed by atoms with van der Waals surface area (Å²) in [6, 6.07) is 34.8. The van der Waals surface area contributed by atoms with Crippen molar-refractivity contribution in [1.82, 2.24) is 15.1 Å². The minimum absolute atomic E-state index is 0.00704. The van der Waals surface area contributed by atoms with Gasteiger partial charge in [0.15, 0.2) is 6.29 Å². The Hall–Kier alpha value is -4.38. The van der Waals surface area contributed by atoms with Crippen LogP contribution in [0.3, 0.4) is 0 Å². The Balaban J connectivity index is 1.11. The lowest BCUT2D eigenvalue weighted by Crippen LogP contribution is -2.49. The zero-order valence-corrected chi connectivity index (χ0v) is 27.7. The summed E-state index contributed by atoms with van der Waals surface area (Å²) in [6.45, 7) is 6.18. The van der Waals surface area contributed by atoms with E-state index in [1.807, 2.05) is 48.5 Å². The molecule has 2 saturated heterocycles. The first-order valence-electron chi connectivity index (χ1n) is 17.1. The number of carboxylic acids is 1. The molecular formula is C40H45N3O6. The molecule has 6 rings (SSSR count). The third kappa shape index (κ3) is 9.84. The molecule has 256 valence electrons. The molecule has 9 nitrogen and oxygen atoms in total. The highest BCUT2D eigenvalue weighted by Crippen LogP contribution is 2.38. The maximum absolute atomic E-state index is 12.0. The van der Waals surface area contributed by atoms with Gasteiger partial charge in [-0.3, -0.25) is 19.4 Å². The van der Waals surface area contributed by atoms with E-state index in [2.05, 4.69) is 69.7 Å². The molecular weight excluding hydrogens is 618 g/mol. The number of nitrogens with one attached hydrogen (secondary N) is 1. The number of piperazine rings is 1. The van der Waals surface area contributed by atoms with Crippen molar-refractivity contribution in [3.05, 3.63) is 131 Å². The molecule has 0 saturated carbocycles. The highest BCUT2D eigenvalue weighted by molar-refractivity contribution is 5.80. The molecule has 0 spiro atoms. The smallest absolute Gasteiger partial charge is 0.303 e. The molecule has 4 aromatic rings. The van der Waals surface area contributed by atoms with Crippen LogP contribution in [0.25, 0.3) is 11.1 Å². The fraction of sp³-hybridized carbons (Fsp3) is 0.350. The number of amides is 1. The average molecular weight is 664 g/mol. The molecule has 9 heteroatoms. The minimum Gasteiger partial charge on any atom is -0.481 e. The highest BCUT2D eigenvalue weighted by Gasteiger charge is 2.33. The number of aliphatic carboxylic acids is 1. The molecule has 2 aliphatic heterocycles. The molecule has 0 unspecified atom stereocenters. The van der Waals surface area contributed by atoms with E-state index in [-0.39, 0.29) is 37.6 Å². The summed E-state index contributed by atoms with van der Waals surface area (Å²) in [6.07, 6.45) is -0.153. The summed E-state index contributed by atoms with van der Waals surface area (Å²) in [5.41, 5.74) is 7.21. The molecule has 2 heterocycles. The monoisotopic (exact) mass is 663 g/mol. The molecule has 49 heavy (non-hydrogen) atoms. The standard InChI is InChI=1S/C40H45N3O6/c44-28-30-9-11-33(12-10-30)37-24-36(27-43-21-19-42(20-22-43)26-29-5-2-1-3-6-29)48-40(49-37)34-15-13-32(14-16-34)35-8-4-7-31(23-35)25-41-38(45)17-18-39(46)47/h1-16,23,36-37,40,44H,17-22,24-28H2,(H,41,45)(H,46,47)/t36-,37+,40+/m0/s1. The largest absolute Gasteiger partial charge is 0.481 e. The Morgan fingerprint density at radius 3 is 2.12 bits per heavy atom. The SMILES string of the molecule is O=C(O)CCC(=O)NCc1cccc(-c2ccc([C@@H]3O[C@H](CN4CCN(Cc5ccccc5)CC4)C[C@H](c4ccc(CO)cc4)O3)cc2)c1. The molecule has 0 radical (unpaired) electrons. The van der Waals surface area contributed by atoms with Gasteiger partial charge in [-0.25, -0.2) is 0 Å². The molecule has 2 aliphatic rings. The lowest BCUT2D eigenvalue weighted by molar-refractivity contribution is -0.253. The van der Waals surface area contributed by atoms with E-state index in [4.69, 9.17) is 14.6 Å². The Kier molecular flexibility index (Phi) is 11.8. The highest BCUT2D eigenvalue weighted by atomic mass is 16.7. The van der Waals surface area contributed by atoms with E-state index in [1.165, 1.54) is 5.56 Å². The Bertz CT molecular complexity index is 1660. The van der Waals surface area contributed by atoms with E-state index in [1.54, 1.807) is 0 Å². The van der Waals surface area contributed by atoms with Crippen LogP contribution in [0.15, 0.2) is 103 Å². The lowest BCUT2D eigenvalue weighted by atomic mass is 9.98. The van der Waals surface area contributed by atoms with Crippen LogP contribution in [0.2, 0.25) is 0 Å². The van der Waals surface area contributed by atoms with Crippen LogP contribution in [0.1, 0.15) is 59.5 Å². The Morgan fingerprint density at radius 1 is 0.714 bits per heavy atom. The van der Waals surface area contributed by atoms with E-state index in [0.717, 1.165) is 79.1 Å². The Labute approximate surface area is 288 Å². The fourth-order valence-corrected chi connectivity index (χ4v) is 6.50. The second kappa shape index (κ2) is 16.8. The van der Waals surface area contributed by atoms with Gasteiger partial charge in [-0.2, -0.15) is 0 Å². The predicted octanol–water partition coefficient (Wildman–Crippen LogP) is 5.69. The van der Waals surface area contributed by atoms with Crippen molar-refractivity contribution in [1.29, 1.82) is 0 Å². The van der Waals surface area contributed by atoms with Crippen LogP contribution in [0.4, 0.5) is 0 Å². The van der Waals surface area contributed by atoms with Gasteiger partial charge in [0.25, 0.3) is 0 Å². The van der Waals surface area contributed by atoms with Crippen LogP contribution < -0.4 is 5.32 Å². The van der Waals surface area contributed by atoms with Gasteiger partial charge in [0.05, 0.1) is 25.2 Å². The summed E-state index contributed by atoms with van der Waals surface area (Å²) in [5, 5.41) is 21.2. The van der Waals surface area contributed by atoms with Crippen LogP contribution in [-0.4, -0.2) is 70.7 Å². The normalized spacial score (nSPS) is 20.1. The molecule has 3 atom stereocenters. The van der Waals surface area contributed by atoms with Gasteiger partial charge in [0, 0.05) is 64.2 Å². The molecule has 0 aliphatic carbocycles. The molecule has 0 aromatic heterocycles. The predicted molar refractivity (Wildman–Crippen MR) is 187 cm³/mol. The number of rotatable bonds is 13. The van der Waals surface area contributed by atoms with E-state index in [9.17, 15) is 14.7 Å². The summed E-state index contributed by atoms with van der Waals surface area (Å²) in [5.74, 6) is -1.27. The van der Waals surface area contributed by atoms with Gasteiger partial charge in [0.1, 0.15) is 0 Å².